The van der Waals surface area contributed by atoms with Crippen LogP contribution in [0, 0.1) is 0 Å². The summed E-state index contributed by atoms with van der Waals surface area (Å²) in [4.78, 5) is 12.9. The zero-order chi connectivity index (χ0) is 15.5. The summed E-state index contributed by atoms with van der Waals surface area (Å²) in [6.07, 6.45) is 0. The number of hydrogen-bond acceptors (Lipinski definition) is 4. The second-order valence-electron chi connectivity index (χ2n) is 4.93. The zero-order valence-corrected chi connectivity index (χ0v) is 13.0. The van der Waals surface area contributed by atoms with E-state index in [1.807, 2.05) is 36.4 Å². The lowest BCUT2D eigenvalue weighted by Gasteiger charge is -2.17. The zero-order valence-electron chi connectivity index (χ0n) is 11.5. The molecule has 6 heteroatoms. The van der Waals surface area contributed by atoms with Crippen molar-refractivity contribution >= 4 is 28.9 Å². The van der Waals surface area contributed by atoms with Crippen LogP contribution in [-0.4, -0.2) is 28.3 Å². The molecular weight excluding hydrogens is 310 g/mol. The van der Waals surface area contributed by atoms with E-state index in [1.165, 1.54) is 6.92 Å². The average Bonchev–Trinajstić information content (AvgIpc) is 2.87. The second-order valence-corrected chi connectivity index (χ2v) is 6.50. The van der Waals surface area contributed by atoms with Crippen molar-refractivity contribution in [1.29, 1.82) is 0 Å². The van der Waals surface area contributed by atoms with E-state index in [0.717, 1.165) is 15.3 Å². The third-order valence-corrected chi connectivity index (χ3v) is 4.48. The summed E-state index contributed by atoms with van der Waals surface area (Å²) in [7, 11) is 0. The molecule has 0 bridgehead atoms. The van der Waals surface area contributed by atoms with Crippen molar-refractivity contribution in [3.63, 3.8) is 0 Å². The number of thiophene rings is 1. The highest BCUT2D eigenvalue weighted by molar-refractivity contribution is 7.15. The highest BCUT2D eigenvalue weighted by Crippen LogP contribution is 2.33. The number of rotatable bonds is 6. The van der Waals surface area contributed by atoms with Gasteiger partial charge >= 0.3 is 5.97 Å². The predicted molar refractivity (Wildman–Crippen MR) is 84.7 cm³/mol. The van der Waals surface area contributed by atoms with Gasteiger partial charge in [0.25, 0.3) is 0 Å². The SMILES string of the molecule is CC(O)(CNCc1ccc(-c2ccccc2Cl)s1)C(=O)O. The highest BCUT2D eigenvalue weighted by Gasteiger charge is 2.29. The molecule has 21 heavy (non-hydrogen) atoms. The maximum absolute atomic E-state index is 10.8. The molecule has 0 radical (unpaired) electrons. The Morgan fingerprint density at radius 2 is 2.05 bits per heavy atom. The Morgan fingerprint density at radius 3 is 2.71 bits per heavy atom. The molecule has 1 atom stereocenters. The van der Waals surface area contributed by atoms with Crippen LogP contribution in [0.25, 0.3) is 10.4 Å². The van der Waals surface area contributed by atoms with Gasteiger partial charge in [-0.2, -0.15) is 0 Å². The van der Waals surface area contributed by atoms with Gasteiger partial charge in [0.2, 0.25) is 0 Å². The summed E-state index contributed by atoms with van der Waals surface area (Å²) in [5, 5.41) is 22.1. The normalized spacial score (nSPS) is 13.9. The largest absolute Gasteiger partial charge is 0.479 e. The van der Waals surface area contributed by atoms with E-state index in [-0.39, 0.29) is 6.54 Å². The Morgan fingerprint density at radius 1 is 1.33 bits per heavy atom. The number of aliphatic carboxylic acids is 1. The highest BCUT2D eigenvalue weighted by atomic mass is 35.5. The number of benzene rings is 1. The van der Waals surface area contributed by atoms with Gasteiger partial charge in [-0.3, -0.25) is 0 Å². The van der Waals surface area contributed by atoms with Gasteiger partial charge in [-0.05, 0) is 25.1 Å². The van der Waals surface area contributed by atoms with Crippen LogP contribution in [0.5, 0.6) is 0 Å². The van der Waals surface area contributed by atoms with Gasteiger partial charge in [-0.15, -0.1) is 11.3 Å². The van der Waals surface area contributed by atoms with Crippen LogP contribution in [0.15, 0.2) is 36.4 Å². The Bertz CT molecular complexity index is 639. The van der Waals surface area contributed by atoms with Crippen LogP contribution in [-0.2, 0) is 11.3 Å². The Hall–Kier alpha value is -1.40. The van der Waals surface area contributed by atoms with Crippen LogP contribution in [0.4, 0.5) is 0 Å². The van der Waals surface area contributed by atoms with Crippen molar-refractivity contribution in [3.05, 3.63) is 46.3 Å². The average molecular weight is 326 g/mol. The number of carboxylic acid groups (broad SMARTS) is 1. The van der Waals surface area contributed by atoms with Crippen molar-refractivity contribution in [2.75, 3.05) is 6.54 Å². The van der Waals surface area contributed by atoms with E-state index in [1.54, 1.807) is 11.3 Å². The van der Waals surface area contributed by atoms with Crippen LogP contribution in [0.1, 0.15) is 11.8 Å². The van der Waals surface area contributed by atoms with Crippen LogP contribution in [0.3, 0.4) is 0 Å². The van der Waals surface area contributed by atoms with Gasteiger partial charge in [0, 0.05) is 33.4 Å². The summed E-state index contributed by atoms with van der Waals surface area (Å²) in [5.41, 5.74) is -0.782. The Kier molecular flexibility index (Phi) is 5.00. The topological polar surface area (TPSA) is 69.6 Å². The number of halogens is 1. The lowest BCUT2D eigenvalue weighted by Crippen LogP contribution is -2.44. The quantitative estimate of drug-likeness (QED) is 0.763. The maximum Gasteiger partial charge on any atom is 0.336 e. The lowest BCUT2D eigenvalue weighted by molar-refractivity contribution is -0.156. The summed E-state index contributed by atoms with van der Waals surface area (Å²) in [6, 6.07) is 11.6. The number of carbonyl (C=O) groups is 1. The number of hydrogen-bond donors (Lipinski definition) is 3. The second kappa shape index (κ2) is 6.58. The molecule has 2 aromatic rings. The molecule has 2 rings (SSSR count). The van der Waals surface area contributed by atoms with Crippen molar-refractivity contribution in [3.8, 4) is 10.4 Å². The van der Waals surface area contributed by atoms with Gasteiger partial charge in [0.15, 0.2) is 5.60 Å². The first-order valence-corrected chi connectivity index (χ1v) is 7.60. The number of carboxylic acids is 1. The third-order valence-electron chi connectivity index (χ3n) is 3.03. The van der Waals surface area contributed by atoms with Gasteiger partial charge in [0.1, 0.15) is 0 Å². The minimum absolute atomic E-state index is 0.0122. The molecule has 0 fully saturated rings. The number of aliphatic hydroxyl groups is 1. The molecule has 1 aromatic carbocycles. The van der Waals surface area contributed by atoms with E-state index >= 15 is 0 Å². The van der Waals surface area contributed by atoms with Gasteiger partial charge in [0.05, 0.1) is 0 Å². The van der Waals surface area contributed by atoms with E-state index < -0.39 is 11.6 Å². The molecule has 0 aliphatic carbocycles. The first-order chi connectivity index (χ1) is 9.90. The molecule has 1 aromatic heterocycles. The Labute approximate surface area is 132 Å². The molecule has 3 N–H and O–H groups in total. The fourth-order valence-electron chi connectivity index (χ4n) is 1.78. The third kappa shape index (κ3) is 4.04. The van der Waals surface area contributed by atoms with Crippen molar-refractivity contribution in [1.82, 2.24) is 5.32 Å². The molecule has 0 aliphatic heterocycles. The van der Waals surface area contributed by atoms with Crippen LogP contribution < -0.4 is 5.32 Å². The first kappa shape index (κ1) is 16.0. The summed E-state index contributed by atoms with van der Waals surface area (Å²) < 4.78 is 0. The van der Waals surface area contributed by atoms with E-state index in [4.69, 9.17) is 16.7 Å². The van der Waals surface area contributed by atoms with E-state index in [9.17, 15) is 9.90 Å². The molecule has 112 valence electrons. The molecule has 0 aliphatic rings. The fourth-order valence-corrected chi connectivity index (χ4v) is 3.09. The van der Waals surface area contributed by atoms with Crippen molar-refractivity contribution in [2.45, 2.75) is 19.1 Å². The summed E-state index contributed by atoms with van der Waals surface area (Å²) >= 11 is 7.74. The predicted octanol–water partition coefficient (Wildman–Crippen LogP) is 2.99. The van der Waals surface area contributed by atoms with E-state index in [0.29, 0.717) is 11.6 Å². The minimum atomic E-state index is -1.76. The fraction of sp³-hybridized carbons (Fsp3) is 0.267. The van der Waals surface area contributed by atoms with E-state index in [2.05, 4.69) is 5.32 Å². The van der Waals surface area contributed by atoms with Gasteiger partial charge in [-0.25, -0.2) is 4.79 Å². The lowest BCUT2D eigenvalue weighted by atomic mass is 10.1. The molecule has 0 saturated carbocycles. The van der Waals surface area contributed by atoms with Crippen molar-refractivity contribution < 1.29 is 15.0 Å². The smallest absolute Gasteiger partial charge is 0.336 e. The van der Waals surface area contributed by atoms with Gasteiger partial charge in [-0.1, -0.05) is 29.8 Å². The minimum Gasteiger partial charge on any atom is -0.479 e. The molecule has 1 heterocycles. The first-order valence-electron chi connectivity index (χ1n) is 6.40. The van der Waals surface area contributed by atoms with Crippen LogP contribution in [0.2, 0.25) is 5.02 Å². The van der Waals surface area contributed by atoms with Crippen LogP contribution >= 0.6 is 22.9 Å². The molecule has 0 saturated heterocycles. The standard InChI is InChI=1S/C15H16ClNO3S/c1-15(20,14(18)19)9-17-8-10-6-7-13(21-10)11-4-2-3-5-12(11)16/h2-7,17,20H,8-9H2,1H3,(H,18,19). The van der Waals surface area contributed by atoms with Crippen molar-refractivity contribution in [2.24, 2.45) is 0 Å². The molecule has 0 amide bonds. The monoisotopic (exact) mass is 325 g/mol. The van der Waals surface area contributed by atoms with Gasteiger partial charge < -0.3 is 15.5 Å². The Balaban J connectivity index is 1.99. The molecule has 0 spiro atoms. The molecular formula is C15H16ClNO3S. The number of nitrogens with one attached hydrogen (secondary N) is 1. The molecule has 4 nitrogen and oxygen atoms in total. The summed E-state index contributed by atoms with van der Waals surface area (Å²) in [6.45, 7) is 1.76. The maximum atomic E-state index is 10.8. The molecule has 1 unspecified atom stereocenters. The summed E-state index contributed by atoms with van der Waals surface area (Å²) in [5.74, 6) is -1.24.